The Kier molecular flexibility index (Phi) is 25.1. The zero-order chi connectivity index (χ0) is 10.6. The summed E-state index contributed by atoms with van der Waals surface area (Å²) in [7, 11) is 0. The van der Waals surface area contributed by atoms with Crippen LogP contribution in [0.3, 0.4) is 0 Å². The Morgan fingerprint density at radius 2 is 0.833 bits per heavy atom. The molecule has 0 fully saturated rings. The van der Waals surface area contributed by atoms with Crippen molar-refractivity contribution in [1.82, 2.24) is 0 Å². The van der Waals surface area contributed by atoms with Gasteiger partial charge in [0.05, 0.1) is 0 Å². The first-order chi connectivity index (χ1) is 5.56. The number of allylic oxidation sites excluding steroid dienone is 2. The molecule has 12 heavy (non-hydrogen) atoms. The van der Waals surface area contributed by atoms with Gasteiger partial charge >= 0.3 is 0 Å². The molecule has 0 aromatic heterocycles. The Bertz CT molecular complexity index is 68.2. The van der Waals surface area contributed by atoms with Crippen LogP contribution >= 0.6 is 0 Å². The Morgan fingerprint density at radius 1 is 0.667 bits per heavy atom. The average Bonchev–Trinajstić information content (AvgIpc) is 2.08. The van der Waals surface area contributed by atoms with Gasteiger partial charge in [-0.15, -0.1) is 0 Å². The van der Waals surface area contributed by atoms with E-state index in [1.807, 2.05) is 13.8 Å². The molecular formula is C12H28. The molecular weight excluding hydrogens is 144 g/mol. The minimum Gasteiger partial charge on any atom is -0.0778 e. The molecule has 0 amide bonds. The molecule has 0 radical (unpaired) electrons. The van der Waals surface area contributed by atoms with E-state index in [1.165, 1.54) is 24.0 Å². The van der Waals surface area contributed by atoms with Crippen LogP contribution < -0.4 is 0 Å². The second-order valence-electron chi connectivity index (χ2n) is 3.00. The summed E-state index contributed by atoms with van der Waals surface area (Å²) < 4.78 is 0. The van der Waals surface area contributed by atoms with Gasteiger partial charge in [-0.3, -0.25) is 0 Å². The van der Waals surface area contributed by atoms with Gasteiger partial charge < -0.3 is 0 Å². The van der Waals surface area contributed by atoms with Gasteiger partial charge in [0.25, 0.3) is 0 Å². The lowest BCUT2D eigenvalue weighted by molar-refractivity contribution is 0.886. The van der Waals surface area contributed by atoms with Crippen LogP contribution in [0.1, 0.15) is 68.2 Å². The first-order valence-electron chi connectivity index (χ1n) is 5.16. The Hall–Kier alpha value is -0.260. The number of rotatable bonds is 1. The van der Waals surface area contributed by atoms with Crippen LogP contribution in [-0.4, -0.2) is 0 Å². The van der Waals surface area contributed by atoms with E-state index in [0.717, 1.165) is 0 Å². The van der Waals surface area contributed by atoms with Gasteiger partial charge in [0.2, 0.25) is 0 Å². The maximum atomic E-state index is 2.18. The van der Waals surface area contributed by atoms with Gasteiger partial charge in [-0.25, -0.2) is 0 Å². The Labute approximate surface area is 80.1 Å². The van der Waals surface area contributed by atoms with Crippen molar-refractivity contribution in [2.75, 3.05) is 0 Å². The van der Waals surface area contributed by atoms with Crippen molar-refractivity contribution >= 4 is 0 Å². The summed E-state index contributed by atoms with van der Waals surface area (Å²) in [4.78, 5) is 0. The molecule has 0 nitrogen and oxygen atoms in total. The fourth-order valence-corrected chi connectivity index (χ4v) is 0. The number of unbranched alkanes of at least 4 members (excludes halogenated alkanes) is 1. The van der Waals surface area contributed by atoms with E-state index in [-0.39, 0.29) is 0 Å². The summed E-state index contributed by atoms with van der Waals surface area (Å²) in [5.41, 5.74) is 2.85. The third-order valence-electron chi connectivity index (χ3n) is 1.50. The molecule has 0 saturated carbocycles. The third-order valence-corrected chi connectivity index (χ3v) is 1.50. The van der Waals surface area contributed by atoms with Crippen LogP contribution in [0.5, 0.6) is 0 Å². The highest BCUT2D eigenvalue weighted by atomic mass is 13.8. The summed E-state index contributed by atoms with van der Waals surface area (Å²) in [5.74, 6) is 0. The smallest absolute Gasteiger partial charge is 0.0440 e. The fraction of sp³-hybridized carbons (Fsp3) is 0.833. The molecule has 0 spiro atoms. The predicted molar refractivity (Wildman–Crippen MR) is 61.7 cm³/mol. The maximum absolute atomic E-state index is 2.18. The molecule has 0 atom stereocenters. The van der Waals surface area contributed by atoms with Gasteiger partial charge in [-0.05, 0) is 27.7 Å². The molecule has 0 heterocycles. The zero-order valence-electron chi connectivity index (χ0n) is 10.4. The summed E-state index contributed by atoms with van der Waals surface area (Å²) in [6.07, 6.45) is 2.64. The SMILES string of the molecule is CC.CC(C)=C(C)C.CCCC. The number of hydrogen-bond acceptors (Lipinski definition) is 0. The second kappa shape index (κ2) is 17.0. The minimum absolute atomic E-state index is 1.32. The van der Waals surface area contributed by atoms with Gasteiger partial charge in [-0.2, -0.15) is 0 Å². The third kappa shape index (κ3) is 33.1. The fourth-order valence-electron chi connectivity index (χ4n) is 0. The van der Waals surface area contributed by atoms with Crippen molar-refractivity contribution in [2.45, 2.75) is 68.2 Å². The van der Waals surface area contributed by atoms with E-state index in [1.54, 1.807) is 0 Å². The topological polar surface area (TPSA) is 0 Å². The maximum Gasteiger partial charge on any atom is -0.0440 e. The van der Waals surface area contributed by atoms with Crippen LogP contribution in [-0.2, 0) is 0 Å². The monoisotopic (exact) mass is 172 g/mol. The van der Waals surface area contributed by atoms with E-state index in [4.69, 9.17) is 0 Å². The molecule has 0 bridgehead atoms. The predicted octanol–water partition coefficient (Wildman–Crippen LogP) is 5.20. The second-order valence-corrected chi connectivity index (χ2v) is 3.00. The van der Waals surface area contributed by atoms with Crippen LogP contribution in [0, 0.1) is 0 Å². The van der Waals surface area contributed by atoms with Crippen molar-refractivity contribution in [3.63, 3.8) is 0 Å². The molecule has 0 aromatic rings. The lowest BCUT2D eigenvalue weighted by Gasteiger charge is -1.88. The van der Waals surface area contributed by atoms with Crippen molar-refractivity contribution in [3.8, 4) is 0 Å². The zero-order valence-corrected chi connectivity index (χ0v) is 10.4. The van der Waals surface area contributed by atoms with Gasteiger partial charge in [0.15, 0.2) is 0 Å². The van der Waals surface area contributed by atoms with Crippen LogP contribution in [0.25, 0.3) is 0 Å². The van der Waals surface area contributed by atoms with Crippen molar-refractivity contribution in [2.24, 2.45) is 0 Å². The average molecular weight is 172 g/mol. The lowest BCUT2D eigenvalue weighted by Crippen LogP contribution is -1.66. The quantitative estimate of drug-likeness (QED) is 0.477. The molecule has 0 heteroatoms. The normalized spacial score (nSPS) is 7.00. The Balaban J connectivity index is -0.000000118. The van der Waals surface area contributed by atoms with Gasteiger partial charge in [0.1, 0.15) is 0 Å². The molecule has 76 valence electrons. The molecule has 0 unspecified atom stereocenters. The van der Waals surface area contributed by atoms with Crippen molar-refractivity contribution < 1.29 is 0 Å². The van der Waals surface area contributed by atoms with Crippen LogP contribution in [0.2, 0.25) is 0 Å². The molecule has 0 aromatic carbocycles. The van der Waals surface area contributed by atoms with Gasteiger partial charge in [0, 0.05) is 0 Å². The van der Waals surface area contributed by atoms with Crippen LogP contribution in [0.15, 0.2) is 11.1 Å². The highest BCUT2D eigenvalue weighted by molar-refractivity contribution is 5.02. The molecule has 0 N–H and O–H groups in total. The minimum atomic E-state index is 1.32. The van der Waals surface area contributed by atoms with Crippen molar-refractivity contribution in [3.05, 3.63) is 11.1 Å². The lowest BCUT2D eigenvalue weighted by atomic mass is 10.2. The largest absolute Gasteiger partial charge is 0.0778 e. The van der Waals surface area contributed by atoms with Crippen LogP contribution in [0.4, 0.5) is 0 Å². The summed E-state index contributed by atoms with van der Waals surface area (Å²) in [6.45, 7) is 16.8. The summed E-state index contributed by atoms with van der Waals surface area (Å²) >= 11 is 0. The number of hydrogen-bond donors (Lipinski definition) is 0. The standard InChI is InChI=1S/C6H12.C4H10.C2H6/c1-5(2)6(3)4;1-3-4-2;1-2/h1-4H3;3-4H2,1-2H3;1-2H3. The van der Waals surface area contributed by atoms with Gasteiger partial charge in [-0.1, -0.05) is 51.7 Å². The first-order valence-corrected chi connectivity index (χ1v) is 5.16. The molecule has 0 aliphatic carbocycles. The van der Waals surface area contributed by atoms with Crippen molar-refractivity contribution in [1.29, 1.82) is 0 Å². The Morgan fingerprint density at radius 3 is 0.833 bits per heavy atom. The van der Waals surface area contributed by atoms with E-state index >= 15 is 0 Å². The highest BCUT2D eigenvalue weighted by Crippen LogP contribution is 1.96. The van der Waals surface area contributed by atoms with E-state index < -0.39 is 0 Å². The van der Waals surface area contributed by atoms with E-state index in [2.05, 4.69) is 41.5 Å². The molecule has 0 aliphatic rings. The summed E-state index contributed by atoms with van der Waals surface area (Å²) in [6, 6.07) is 0. The first kappa shape index (κ1) is 17.7. The summed E-state index contributed by atoms with van der Waals surface area (Å²) in [5, 5.41) is 0. The molecule has 0 saturated heterocycles. The van der Waals surface area contributed by atoms with E-state index in [9.17, 15) is 0 Å². The highest BCUT2D eigenvalue weighted by Gasteiger charge is 1.75. The van der Waals surface area contributed by atoms with E-state index in [0.29, 0.717) is 0 Å². The molecule has 0 aliphatic heterocycles. The molecule has 0 rings (SSSR count).